The van der Waals surface area contributed by atoms with Gasteiger partial charge in [0.15, 0.2) is 0 Å². The molecular weight excluding hydrogens is 352 g/mol. The Morgan fingerprint density at radius 3 is 1.93 bits per heavy atom. The molecule has 0 bridgehead atoms. The van der Waals surface area contributed by atoms with Crippen molar-refractivity contribution < 1.29 is 0 Å². The summed E-state index contributed by atoms with van der Waals surface area (Å²) in [5.41, 5.74) is 9.49. The lowest BCUT2D eigenvalue weighted by atomic mass is 9.94. The Hall–Kier alpha value is -3.26. The predicted octanol–water partition coefficient (Wildman–Crippen LogP) is 6.68. The Kier molecular flexibility index (Phi) is 4.09. The number of hydrogen-bond acceptors (Lipinski definition) is 2. The lowest BCUT2D eigenvalue weighted by Gasteiger charge is -2.20. The van der Waals surface area contributed by atoms with Gasteiger partial charge in [0.2, 0.25) is 0 Å². The van der Waals surface area contributed by atoms with E-state index in [1.807, 2.05) is 6.07 Å². The standard InChI is InChI=1S/C27H24N2/c1-27(2,3)26-28-24(23-17-21-11-7-8-12-22(21)25(23)29-26)20-15-13-19(14-16-20)18-9-5-4-6-10-18/h4-16H,17H2,1-3H3. The van der Waals surface area contributed by atoms with Crippen LogP contribution < -0.4 is 0 Å². The number of aromatic nitrogens is 2. The molecule has 0 atom stereocenters. The highest BCUT2D eigenvalue weighted by atomic mass is 14.9. The Balaban J connectivity index is 1.66. The molecule has 1 aliphatic rings. The first kappa shape index (κ1) is 17.8. The third-order valence-corrected chi connectivity index (χ3v) is 5.58. The molecule has 0 saturated carbocycles. The maximum atomic E-state index is 5.06. The van der Waals surface area contributed by atoms with Crippen LogP contribution in [0.4, 0.5) is 0 Å². The third-order valence-electron chi connectivity index (χ3n) is 5.58. The third kappa shape index (κ3) is 3.15. The van der Waals surface area contributed by atoms with Crippen LogP contribution in [0.2, 0.25) is 0 Å². The average molecular weight is 377 g/mol. The van der Waals surface area contributed by atoms with Gasteiger partial charge < -0.3 is 0 Å². The molecule has 1 aliphatic carbocycles. The SMILES string of the molecule is CC(C)(C)c1nc(-c2ccc(-c3ccccc3)cc2)c2c(n1)-c1ccccc1C2. The van der Waals surface area contributed by atoms with Crippen molar-refractivity contribution in [3.8, 4) is 33.6 Å². The topological polar surface area (TPSA) is 25.8 Å². The van der Waals surface area contributed by atoms with Crippen LogP contribution >= 0.6 is 0 Å². The highest BCUT2D eigenvalue weighted by Crippen LogP contribution is 2.41. The Bertz CT molecular complexity index is 1180. The van der Waals surface area contributed by atoms with Crippen molar-refractivity contribution in [2.45, 2.75) is 32.6 Å². The molecule has 29 heavy (non-hydrogen) atoms. The van der Waals surface area contributed by atoms with Crippen molar-refractivity contribution in [2.75, 3.05) is 0 Å². The molecule has 0 spiro atoms. The normalized spacial score (nSPS) is 12.5. The fraction of sp³-hybridized carbons (Fsp3) is 0.185. The molecule has 1 heterocycles. The number of rotatable bonds is 2. The van der Waals surface area contributed by atoms with E-state index in [9.17, 15) is 0 Å². The molecule has 1 aromatic heterocycles. The summed E-state index contributed by atoms with van der Waals surface area (Å²) in [6.45, 7) is 6.54. The maximum Gasteiger partial charge on any atom is 0.135 e. The van der Waals surface area contributed by atoms with Crippen LogP contribution in [0.1, 0.15) is 37.7 Å². The molecule has 0 fully saturated rings. The summed E-state index contributed by atoms with van der Waals surface area (Å²) >= 11 is 0. The first-order chi connectivity index (χ1) is 14.0. The van der Waals surface area contributed by atoms with E-state index in [0.717, 1.165) is 29.2 Å². The zero-order chi connectivity index (χ0) is 20.0. The van der Waals surface area contributed by atoms with Crippen molar-refractivity contribution >= 4 is 0 Å². The molecule has 0 aliphatic heterocycles. The second kappa shape index (κ2) is 6.66. The van der Waals surface area contributed by atoms with Crippen molar-refractivity contribution in [1.29, 1.82) is 0 Å². The molecular formula is C27H24N2. The monoisotopic (exact) mass is 376 g/mol. The number of fused-ring (bicyclic) bond motifs is 3. The van der Waals surface area contributed by atoms with Crippen molar-refractivity contribution in [3.63, 3.8) is 0 Å². The Morgan fingerprint density at radius 1 is 0.621 bits per heavy atom. The molecule has 5 rings (SSSR count). The molecule has 2 heteroatoms. The van der Waals surface area contributed by atoms with Gasteiger partial charge in [-0.15, -0.1) is 0 Å². The first-order valence-electron chi connectivity index (χ1n) is 10.2. The minimum atomic E-state index is -0.106. The number of hydrogen-bond donors (Lipinski definition) is 0. The summed E-state index contributed by atoms with van der Waals surface area (Å²) < 4.78 is 0. The molecule has 142 valence electrons. The van der Waals surface area contributed by atoms with Gasteiger partial charge in [-0.3, -0.25) is 0 Å². The molecule has 0 saturated heterocycles. The quantitative estimate of drug-likeness (QED) is 0.343. The minimum Gasteiger partial charge on any atom is -0.232 e. The summed E-state index contributed by atoms with van der Waals surface area (Å²) in [7, 11) is 0. The van der Waals surface area contributed by atoms with Crippen molar-refractivity contribution in [3.05, 3.63) is 95.8 Å². The van der Waals surface area contributed by atoms with Crippen LogP contribution in [0.15, 0.2) is 78.9 Å². The largest absolute Gasteiger partial charge is 0.232 e. The Morgan fingerprint density at radius 2 is 1.21 bits per heavy atom. The average Bonchev–Trinajstić information content (AvgIpc) is 3.12. The highest BCUT2D eigenvalue weighted by Gasteiger charge is 2.28. The van der Waals surface area contributed by atoms with Crippen LogP contribution in [0.3, 0.4) is 0 Å². The summed E-state index contributed by atoms with van der Waals surface area (Å²) in [5.74, 6) is 0.898. The van der Waals surface area contributed by atoms with Gasteiger partial charge in [0.25, 0.3) is 0 Å². The molecule has 0 radical (unpaired) electrons. The zero-order valence-corrected chi connectivity index (χ0v) is 17.1. The lowest BCUT2D eigenvalue weighted by Crippen LogP contribution is -2.17. The van der Waals surface area contributed by atoms with E-state index in [1.165, 1.54) is 27.8 Å². The van der Waals surface area contributed by atoms with Crippen molar-refractivity contribution in [1.82, 2.24) is 9.97 Å². The van der Waals surface area contributed by atoms with Crippen LogP contribution in [-0.2, 0) is 11.8 Å². The van der Waals surface area contributed by atoms with E-state index in [2.05, 4.69) is 93.6 Å². The molecule has 0 amide bonds. The van der Waals surface area contributed by atoms with Crippen LogP contribution in [0.5, 0.6) is 0 Å². The van der Waals surface area contributed by atoms with Gasteiger partial charge in [0.1, 0.15) is 5.82 Å². The molecule has 3 aromatic carbocycles. The zero-order valence-electron chi connectivity index (χ0n) is 17.1. The Labute approximate surface area is 172 Å². The van der Waals surface area contributed by atoms with E-state index in [4.69, 9.17) is 9.97 Å². The van der Waals surface area contributed by atoms with E-state index in [0.29, 0.717) is 0 Å². The lowest BCUT2D eigenvalue weighted by molar-refractivity contribution is 0.546. The van der Waals surface area contributed by atoms with Gasteiger partial charge in [-0.05, 0) is 16.7 Å². The van der Waals surface area contributed by atoms with Gasteiger partial charge in [-0.2, -0.15) is 0 Å². The van der Waals surface area contributed by atoms with Gasteiger partial charge >= 0.3 is 0 Å². The number of benzene rings is 3. The number of nitrogens with zero attached hydrogens (tertiary/aromatic N) is 2. The summed E-state index contributed by atoms with van der Waals surface area (Å²) in [5, 5.41) is 0. The van der Waals surface area contributed by atoms with Gasteiger partial charge in [0.05, 0.1) is 11.4 Å². The van der Waals surface area contributed by atoms with Gasteiger partial charge in [-0.25, -0.2) is 9.97 Å². The maximum absolute atomic E-state index is 5.06. The van der Waals surface area contributed by atoms with Gasteiger partial charge in [0, 0.05) is 28.5 Å². The molecule has 0 unspecified atom stereocenters. The smallest absolute Gasteiger partial charge is 0.135 e. The predicted molar refractivity (Wildman–Crippen MR) is 120 cm³/mol. The summed E-state index contributed by atoms with van der Waals surface area (Å²) in [6.07, 6.45) is 0.895. The van der Waals surface area contributed by atoms with Gasteiger partial charge in [-0.1, -0.05) is 99.6 Å². The summed E-state index contributed by atoms with van der Waals surface area (Å²) in [6, 6.07) is 27.9. The minimum absolute atomic E-state index is 0.106. The fourth-order valence-corrected chi connectivity index (χ4v) is 4.00. The molecule has 0 N–H and O–H groups in total. The summed E-state index contributed by atoms with van der Waals surface area (Å²) in [4.78, 5) is 10.1. The van der Waals surface area contributed by atoms with E-state index < -0.39 is 0 Å². The van der Waals surface area contributed by atoms with Crippen LogP contribution in [-0.4, -0.2) is 9.97 Å². The van der Waals surface area contributed by atoms with Crippen molar-refractivity contribution in [2.24, 2.45) is 0 Å². The second-order valence-corrected chi connectivity index (χ2v) is 8.75. The van der Waals surface area contributed by atoms with Crippen LogP contribution in [0, 0.1) is 0 Å². The molecule has 4 aromatic rings. The van der Waals surface area contributed by atoms with Crippen LogP contribution in [0.25, 0.3) is 33.6 Å². The fourth-order valence-electron chi connectivity index (χ4n) is 4.00. The van der Waals surface area contributed by atoms with E-state index in [-0.39, 0.29) is 5.41 Å². The second-order valence-electron chi connectivity index (χ2n) is 8.75. The first-order valence-corrected chi connectivity index (χ1v) is 10.2. The van der Waals surface area contributed by atoms with E-state index in [1.54, 1.807) is 0 Å². The highest BCUT2D eigenvalue weighted by molar-refractivity contribution is 5.81. The van der Waals surface area contributed by atoms with E-state index >= 15 is 0 Å². The molecule has 2 nitrogen and oxygen atoms in total.